The molecule has 1 heterocycles. The average molecular weight is 266 g/mol. The van der Waals surface area contributed by atoms with Crippen LogP contribution in [0.5, 0.6) is 0 Å². The SMILES string of the molecule is COC(C)c1c(CC(N)=O)nnn1C1CCCCC1. The number of ether oxygens (including phenoxy) is 1. The van der Waals surface area contributed by atoms with Gasteiger partial charge in [-0.1, -0.05) is 24.5 Å². The fourth-order valence-electron chi connectivity index (χ4n) is 2.75. The van der Waals surface area contributed by atoms with Crippen molar-refractivity contribution in [3.05, 3.63) is 11.4 Å². The lowest BCUT2D eigenvalue weighted by Gasteiger charge is -2.24. The number of rotatable bonds is 5. The minimum Gasteiger partial charge on any atom is -0.375 e. The minimum absolute atomic E-state index is 0.121. The van der Waals surface area contributed by atoms with Crippen molar-refractivity contribution in [2.75, 3.05) is 7.11 Å². The number of carbonyl (C=O) groups is 1. The van der Waals surface area contributed by atoms with Gasteiger partial charge < -0.3 is 10.5 Å². The first-order chi connectivity index (χ1) is 9.13. The second kappa shape index (κ2) is 6.14. The number of methoxy groups -OCH3 is 1. The maximum atomic E-state index is 11.1. The van der Waals surface area contributed by atoms with E-state index in [0.717, 1.165) is 18.5 Å². The van der Waals surface area contributed by atoms with Crippen molar-refractivity contribution in [3.63, 3.8) is 0 Å². The molecule has 1 atom stereocenters. The zero-order chi connectivity index (χ0) is 13.8. The van der Waals surface area contributed by atoms with Crippen molar-refractivity contribution in [3.8, 4) is 0 Å². The van der Waals surface area contributed by atoms with Crippen molar-refractivity contribution in [1.29, 1.82) is 0 Å². The van der Waals surface area contributed by atoms with E-state index in [-0.39, 0.29) is 18.4 Å². The third-order valence-corrected chi connectivity index (χ3v) is 3.81. The lowest BCUT2D eigenvalue weighted by Crippen LogP contribution is -2.20. The highest BCUT2D eigenvalue weighted by Crippen LogP contribution is 2.31. The first-order valence-electron chi connectivity index (χ1n) is 6.88. The molecule has 1 saturated carbocycles. The highest BCUT2D eigenvalue weighted by atomic mass is 16.5. The Morgan fingerprint density at radius 1 is 1.47 bits per heavy atom. The summed E-state index contributed by atoms with van der Waals surface area (Å²) in [5.41, 5.74) is 6.81. The number of amides is 1. The quantitative estimate of drug-likeness (QED) is 0.875. The summed E-state index contributed by atoms with van der Waals surface area (Å²) >= 11 is 0. The van der Waals surface area contributed by atoms with Gasteiger partial charge in [0.1, 0.15) is 0 Å². The molecule has 1 fully saturated rings. The third-order valence-electron chi connectivity index (χ3n) is 3.81. The maximum absolute atomic E-state index is 11.1. The Morgan fingerprint density at radius 3 is 2.74 bits per heavy atom. The minimum atomic E-state index is -0.389. The summed E-state index contributed by atoms with van der Waals surface area (Å²) in [6.07, 6.45) is 5.94. The number of primary amides is 1. The number of hydrogen-bond acceptors (Lipinski definition) is 4. The fraction of sp³-hybridized carbons (Fsp3) is 0.769. The third kappa shape index (κ3) is 3.12. The van der Waals surface area contributed by atoms with Crippen LogP contribution in [0.2, 0.25) is 0 Å². The molecule has 6 nitrogen and oxygen atoms in total. The van der Waals surface area contributed by atoms with Crippen LogP contribution in [0.25, 0.3) is 0 Å². The molecule has 1 unspecified atom stereocenters. The fourth-order valence-corrected chi connectivity index (χ4v) is 2.75. The molecule has 1 aliphatic carbocycles. The van der Waals surface area contributed by atoms with E-state index >= 15 is 0 Å². The molecule has 0 radical (unpaired) electrons. The topological polar surface area (TPSA) is 83.0 Å². The van der Waals surface area contributed by atoms with Crippen molar-refractivity contribution in [1.82, 2.24) is 15.0 Å². The van der Waals surface area contributed by atoms with E-state index in [1.54, 1.807) is 7.11 Å². The first kappa shape index (κ1) is 14.0. The first-order valence-corrected chi connectivity index (χ1v) is 6.88. The van der Waals surface area contributed by atoms with Gasteiger partial charge in [0.15, 0.2) is 0 Å². The standard InChI is InChI=1S/C13H22N4O2/c1-9(19-2)13-11(8-12(14)18)15-16-17(13)10-6-4-3-5-7-10/h9-10H,3-8H2,1-2H3,(H2,14,18). The van der Waals surface area contributed by atoms with E-state index in [9.17, 15) is 4.79 Å². The summed E-state index contributed by atoms with van der Waals surface area (Å²) in [4.78, 5) is 11.1. The lowest BCUT2D eigenvalue weighted by atomic mass is 9.95. The van der Waals surface area contributed by atoms with Crippen LogP contribution in [0.1, 0.15) is 62.6 Å². The van der Waals surface area contributed by atoms with Crippen molar-refractivity contribution >= 4 is 5.91 Å². The van der Waals surface area contributed by atoms with Gasteiger partial charge in [0.2, 0.25) is 5.91 Å². The predicted molar refractivity (Wildman–Crippen MR) is 70.5 cm³/mol. The van der Waals surface area contributed by atoms with Crippen LogP contribution in [0.15, 0.2) is 0 Å². The van der Waals surface area contributed by atoms with Gasteiger partial charge in [0.25, 0.3) is 0 Å². The summed E-state index contributed by atoms with van der Waals surface area (Å²) in [6, 6.07) is 0.371. The number of hydrogen-bond donors (Lipinski definition) is 1. The molecule has 6 heteroatoms. The van der Waals surface area contributed by atoms with Crippen LogP contribution in [-0.2, 0) is 16.0 Å². The van der Waals surface area contributed by atoms with Gasteiger partial charge in [-0.25, -0.2) is 4.68 Å². The normalized spacial score (nSPS) is 18.4. The van der Waals surface area contributed by atoms with Crippen LogP contribution in [0.4, 0.5) is 0 Å². The summed E-state index contributed by atoms with van der Waals surface area (Å²) in [7, 11) is 1.65. The second-order valence-electron chi connectivity index (χ2n) is 5.18. The van der Waals surface area contributed by atoms with E-state index in [1.807, 2.05) is 11.6 Å². The lowest BCUT2D eigenvalue weighted by molar-refractivity contribution is -0.117. The zero-order valence-corrected chi connectivity index (χ0v) is 11.6. The molecule has 1 amide bonds. The van der Waals surface area contributed by atoms with E-state index in [0.29, 0.717) is 11.7 Å². The van der Waals surface area contributed by atoms with Crippen LogP contribution in [0.3, 0.4) is 0 Å². The Balaban J connectivity index is 2.31. The maximum Gasteiger partial charge on any atom is 0.223 e. The Labute approximate surface area is 113 Å². The Bertz CT molecular complexity index is 438. The summed E-state index contributed by atoms with van der Waals surface area (Å²) in [5.74, 6) is -0.389. The van der Waals surface area contributed by atoms with Gasteiger partial charge in [0, 0.05) is 7.11 Å². The highest BCUT2D eigenvalue weighted by Gasteiger charge is 2.25. The van der Waals surface area contributed by atoms with Crippen LogP contribution < -0.4 is 5.73 Å². The zero-order valence-electron chi connectivity index (χ0n) is 11.6. The van der Waals surface area contributed by atoms with Gasteiger partial charge in [-0.15, -0.1) is 5.10 Å². The number of nitrogens with two attached hydrogens (primary N) is 1. The molecule has 0 aromatic carbocycles. The van der Waals surface area contributed by atoms with Crippen LogP contribution >= 0.6 is 0 Å². The molecular formula is C13H22N4O2. The molecule has 1 aromatic heterocycles. The molecule has 2 N–H and O–H groups in total. The Hall–Kier alpha value is -1.43. The van der Waals surface area contributed by atoms with Gasteiger partial charge in [0.05, 0.1) is 30.0 Å². The largest absolute Gasteiger partial charge is 0.375 e. The molecule has 0 saturated heterocycles. The molecule has 2 rings (SSSR count). The molecule has 1 aromatic rings. The van der Waals surface area contributed by atoms with Crippen LogP contribution in [-0.4, -0.2) is 28.0 Å². The molecule has 19 heavy (non-hydrogen) atoms. The van der Waals surface area contributed by atoms with E-state index in [1.165, 1.54) is 19.3 Å². The number of carbonyl (C=O) groups excluding carboxylic acids is 1. The van der Waals surface area contributed by atoms with Crippen molar-refractivity contribution in [2.45, 2.75) is 57.6 Å². The average Bonchev–Trinajstić information content (AvgIpc) is 2.81. The van der Waals surface area contributed by atoms with E-state index < -0.39 is 0 Å². The smallest absolute Gasteiger partial charge is 0.223 e. The monoisotopic (exact) mass is 266 g/mol. The summed E-state index contributed by atoms with van der Waals surface area (Å²) < 4.78 is 7.35. The molecule has 0 bridgehead atoms. The molecule has 0 aliphatic heterocycles. The van der Waals surface area contributed by atoms with E-state index in [4.69, 9.17) is 10.5 Å². The molecule has 0 spiro atoms. The summed E-state index contributed by atoms with van der Waals surface area (Å²) in [6.45, 7) is 1.95. The Kier molecular flexibility index (Phi) is 4.52. The molecule has 1 aliphatic rings. The summed E-state index contributed by atoms with van der Waals surface area (Å²) in [5, 5.41) is 8.37. The van der Waals surface area contributed by atoms with E-state index in [2.05, 4.69) is 10.3 Å². The van der Waals surface area contributed by atoms with Gasteiger partial charge in [-0.2, -0.15) is 0 Å². The van der Waals surface area contributed by atoms with Gasteiger partial charge in [-0.3, -0.25) is 4.79 Å². The molecular weight excluding hydrogens is 244 g/mol. The van der Waals surface area contributed by atoms with Gasteiger partial charge in [-0.05, 0) is 19.8 Å². The number of aromatic nitrogens is 3. The molecule has 106 valence electrons. The second-order valence-corrected chi connectivity index (χ2v) is 5.18. The van der Waals surface area contributed by atoms with Crippen LogP contribution in [0, 0.1) is 0 Å². The number of nitrogens with zero attached hydrogens (tertiary/aromatic N) is 3. The highest BCUT2D eigenvalue weighted by molar-refractivity contribution is 5.76. The Morgan fingerprint density at radius 2 is 2.16 bits per heavy atom. The van der Waals surface area contributed by atoms with Gasteiger partial charge >= 0.3 is 0 Å². The predicted octanol–water partition coefficient (Wildman–Crippen LogP) is 1.52. The van der Waals surface area contributed by atoms with Crippen molar-refractivity contribution < 1.29 is 9.53 Å². The van der Waals surface area contributed by atoms with Crippen molar-refractivity contribution in [2.24, 2.45) is 5.73 Å².